The number of nitrogens with one attached hydrogen (secondary N) is 1. The van der Waals surface area contributed by atoms with Crippen LogP contribution >= 0.6 is 12.4 Å². The first-order chi connectivity index (χ1) is 13.5. The van der Waals surface area contributed by atoms with E-state index in [2.05, 4.69) is 10.3 Å². The lowest BCUT2D eigenvalue weighted by Crippen LogP contribution is -2.45. The van der Waals surface area contributed by atoms with Crippen molar-refractivity contribution in [1.29, 1.82) is 0 Å². The van der Waals surface area contributed by atoms with Crippen molar-refractivity contribution < 1.29 is 14.3 Å². The van der Waals surface area contributed by atoms with Crippen LogP contribution in [0.15, 0.2) is 36.8 Å². The molecule has 158 valence electrons. The Labute approximate surface area is 177 Å². The number of benzene rings is 1. The van der Waals surface area contributed by atoms with Gasteiger partial charge in [0.1, 0.15) is 18.8 Å². The fraction of sp³-hybridized carbons (Fsp3) is 0.524. The predicted molar refractivity (Wildman–Crippen MR) is 114 cm³/mol. The molecule has 0 aliphatic carbocycles. The number of hydrogen-bond donors (Lipinski definition) is 1. The normalized spacial score (nSPS) is 19.0. The lowest BCUT2D eigenvalue weighted by atomic mass is 9.99. The number of rotatable bonds is 4. The summed E-state index contributed by atoms with van der Waals surface area (Å²) in [5, 5.41) is 3.37. The molecule has 1 aromatic heterocycles. The van der Waals surface area contributed by atoms with Crippen molar-refractivity contribution in [3.63, 3.8) is 0 Å². The van der Waals surface area contributed by atoms with Crippen LogP contribution in [0, 0.1) is 5.92 Å². The Hall–Kier alpha value is -2.09. The third-order valence-corrected chi connectivity index (χ3v) is 5.54. The summed E-state index contributed by atoms with van der Waals surface area (Å²) in [7, 11) is 0. The Bertz CT molecular complexity index is 816. The monoisotopic (exact) mass is 420 g/mol. The highest BCUT2D eigenvalue weighted by Gasteiger charge is 2.37. The Morgan fingerprint density at radius 3 is 2.66 bits per heavy atom. The fourth-order valence-electron chi connectivity index (χ4n) is 3.65. The van der Waals surface area contributed by atoms with E-state index >= 15 is 0 Å². The van der Waals surface area contributed by atoms with Crippen molar-refractivity contribution in [3.8, 4) is 17.0 Å². The van der Waals surface area contributed by atoms with Crippen LogP contribution in [-0.4, -0.2) is 59.1 Å². The molecule has 29 heavy (non-hydrogen) atoms. The van der Waals surface area contributed by atoms with Crippen molar-refractivity contribution in [2.45, 2.75) is 32.2 Å². The van der Waals surface area contributed by atoms with Gasteiger partial charge in [-0.3, -0.25) is 9.47 Å². The van der Waals surface area contributed by atoms with E-state index in [4.69, 9.17) is 9.47 Å². The maximum absolute atomic E-state index is 12.7. The van der Waals surface area contributed by atoms with E-state index in [1.54, 1.807) is 17.4 Å². The van der Waals surface area contributed by atoms with E-state index < -0.39 is 0 Å². The minimum absolute atomic E-state index is 0. The largest absolute Gasteiger partial charge is 0.493 e. The molecule has 0 saturated carbocycles. The summed E-state index contributed by atoms with van der Waals surface area (Å²) in [6.07, 6.45) is 5.67. The SMILES string of the molecule is CC1(C)COCN1C(=O)n1cnc(-c2ccc(OCC3CCNCC3)cc2)c1.Cl. The lowest BCUT2D eigenvalue weighted by molar-refractivity contribution is 0.140. The Kier molecular flexibility index (Phi) is 6.82. The smallest absolute Gasteiger partial charge is 0.331 e. The second-order valence-corrected chi connectivity index (χ2v) is 8.20. The van der Waals surface area contributed by atoms with Crippen LogP contribution in [0.2, 0.25) is 0 Å². The average molecular weight is 421 g/mol. The van der Waals surface area contributed by atoms with Gasteiger partial charge in [0.25, 0.3) is 0 Å². The van der Waals surface area contributed by atoms with Gasteiger partial charge in [-0.1, -0.05) is 0 Å². The van der Waals surface area contributed by atoms with E-state index in [-0.39, 0.29) is 24.0 Å². The van der Waals surface area contributed by atoms with E-state index in [1.165, 1.54) is 17.4 Å². The molecule has 2 aliphatic heterocycles. The van der Waals surface area contributed by atoms with Gasteiger partial charge in [-0.05, 0) is 70.0 Å². The second kappa shape index (κ2) is 9.15. The first-order valence-corrected chi connectivity index (χ1v) is 9.90. The Morgan fingerprint density at radius 2 is 2.00 bits per heavy atom. The maximum atomic E-state index is 12.7. The number of ether oxygens (including phenoxy) is 2. The third kappa shape index (κ3) is 4.91. The molecular formula is C21H29ClN4O3. The summed E-state index contributed by atoms with van der Waals surface area (Å²) < 4.78 is 12.9. The van der Waals surface area contributed by atoms with Gasteiger partial charge in [0.05, 0.1) is 24.4 Å². The van der Waals surface area contributed by atoms with Crippen LogP contribution in [0.1, 0.15) is 26.7 Å². The highest BCUT2D eigenvalue weighted by atomic mass is 35.5. The van der Waals surface area contributed by atoms with Gasteiger partial charge in [-0.25, -0.2) is 9.78 Å². The van der Waals surface area contributed by atoms with Crippen LogP contribution in [0.4, 0.5) is 4.79 Å². The molecule has 1 aromatic carbocycles. The molecule has 0 unspecified atom stereocenters. The molecule has 8 heteroatoms. The first-order valence-electron chi connectivity index (χ1n) is 9.90. The average Bonchev–Trinajstić information content (AvgIpc) is 3.33. The fourth-order valence-corrected chi connectivity index (χ4v) is 3.65. The summed E-state index contributed by atoms with van der Waals surface area (Å²) in [4.78, 5) is 18.9. The van der Waals surface area contributed by atoms with Crippen molar-refractivity contribution >= 4 is 18.4 Å². The van der Waals surface area contributed by atoms with Crippen molar-refractivity contribution in [2.24, 2.45) is 5.92 Å². The van der Waals surface area contributed by atoms with Crippen LogP contribution in [0.25, 0.3) is 11.3 Å². The predicted octanol–water partition coefficient (Wildman–Crippen LogP) is 3.39. The number of imidazole rings is 1. The first kappa shape index (κ1) is 21.6. The third-order valence-electron chi connectivity index (χ3n) is 5.54. The van der Waals surface area contributed by atoms with Gasteiger partial charge in [0.15, 0.2) is 0 Å². The molecule has 1 N–H and O–H groups in total. The summed E-state index contributed by atoms with van der Waals surface area (Å²) in [5.74, 6) is 1.50. The number of hydrogen-bond acceptors (Lipinski definition) is 5. The highest BCUT2D eigenvalue weighted by molar-refractivity contribution is 5.85. The highest BCUT2D eigenvalue weighted by Crippen LogP contribution is 2.25. The number of nitrogens with zero attached hydrogens (tertiary/aromatic N) is 3. The van der Waals surface area contributed by atoms with Gasteiger partial charge < -0.3 is 14.8 Å². The second-order valence-electron chi connectivity index (χ2n) is 8.20. The molecule has 7 nitrogen and oxygen atoms in total. The molecular weight excluding hydrogens is 392 g/mol. The number of halogens is 1. The molecule has 1 amide bonds. The summed E-state index contributed by atoms with van der Waals surface area (Å²) in [5.41, 5.74) is 1.41. The maximum Gasteiger partial charge on any atom is 0.331 e. The minimum Gasteiger partial charge on any atom is -0.493 e. The molecule has 0 radical (unpaired) electrons. The van der Waals surface area contributed by atoms with Gasteiger partial charge in [0.2, 0.25) is 0 Å². The van der Waals surface area contributed by atoms with E-state index in [0.717, 1.165) is 36.7 Å². The zero-order valence-electron chi connectivity index (χ0n) is 17.0. The van der Waals surface area contributed by atoms with Crippen LogP contribution in [-0.2, 0) is 4.74 Å². The number of piperidine rings is 1. The summed E-state index contributed by atoms with van der Waals surface area (Å²) >= 11 is 0. The van der Waals surface area contributed by atoms with Crippen molar-refractivity contribution in [2.75, 3.05) is 33.0 Å². The molecule has 0 atom stereocenters. The topological polar surface area (TPSA) is 68.6 Å². The van der Waals surface area contributed by atoms with Crippen LogP contribution < -0.4 is 10.1 Å². The molecule has 2 saturated heterocycles. The standard InChI is InChI=1S/C21H28N4O3.ClH/c1-21(2)13-27-15-25(21)20(26)24-11-19(23-14-24)17-3-5-18(6-4-17)28-12-16-7-9-22-10-8-16;/h3-6,11,14,16,22H,7-10,12-13,15H2,1-2H3;1H. The lowest BCUT2D eigenvalue weighted by Gasteiger charge is -2.28. The molecule has 0 spiro atoms. The van der Waals surface area contributed by atoms with Gasteiger partial charge in [0, 0.05) is 11.8 Å². The van der Waals surface area contributed by atoms with Crippen molar-refractivity contribution in [3.05, 3.63) is 36.8 Å². The molecule has 2 fully saturated rings. The quantitative estimate of drug-likeness (QED) is 0.821. The number of amides is 1. The van der Waals surface area contributed by atoms with Gasteiger partial charge in [-0.15, -0.1) is 12.4 Å². The molecule has 0 bridgehead atoms. The minimum atomic E-state index is -0.311. The number of carbonyl (C=O) groups excluding carboxylic acids is 1. The molecule has 2 aliphatic rings. The van der Waals surface area contributed by atoms with E-state index in [0.29, 0.717) is 19.3 Å². The molecule has 3 heterocycles. The molecule has 4 rings (SSSR count). The van der Waals surface area contributed by atoms with E-state index in [1.807, 2.05) is 38.1 Å². The van der Waals surface area contributed by atoms with Gasteiger partial charge >= 0.3 is 6.03 Å². The van der Waals surface area contributed by atoms with E-state index in [9.17, 15) is 4.79 Å². The Balaban J connectivity index is 0.00000240. The zero-order chi connectivity index (χ0) is 19.6. The van der Waals surface area contributed by atoms with Gasteiger partial charge in [-0.2, -0.15) is 0 Å². The summed E-state index contributed by atoms with van der Waals surface area (Å²) in [6, 6.07) is 7.78. The number of aromatic nitrogens is 2. The zero-order valence-corrected chi connectivity index (χ0v) is 17.8. The summed E-state index contributed by atoms with van der Waals surface area (Å²) in [6.45, 7) is 7.76. The molecule has 2 aromatic rings. The Morgan fingerprint density at radius 1 is 1.28 bits per heavy atom. The van der Waals surface area contributed by atoms with Crippen LogP contribution in [0.5, 0.6) is 5.75 Å². The van der Waals surface area contributed by atoms with Crippen LogP contribution in [0.3, 0.4) is 0 Å². The van der Waals surface area contributed by atoms with Crippen molar-refractivity contribution in [1.82, 2.24) is 19.8 Å². The number of carbonyl (C=O) groups is 1.